The molecule has 0 aliphatic heterocycles. The maximum absolute atomic E-state index is 6.84. The summed E-state index contributed by atoms with van der Waals surface area (Å²) in [6, 6.07) is 3.38. The van der Waals surface area contributed by atoms with Crippen LogP contribution in [-0.4, -0.2) is 17.5 Å². The van der Waals surface area contributed by atoms with Crippen LogP contribution in [0.2, 0.25) is 0 Å². The highest BCUT2D eigenvalue weighted by Gasteiger charge is 2.79. The summed E-state index contributed by atoms with van der Waals surface area (Å²) in [5, 5.41) is 0.125. The number of allylic oxidation sites excluding steroid dienone is 2. The standard InChI is InChI=1S/C17H12Cl6O2/c1-3-7-24-9-5-6-10(25-8-4-2)12-11(9)15(20)13(18)14(19)16(12,21)17(15,22)23/h3-6H,1-2,7-8H2. The van der Waals surface area contributed by atoms with E-state index in [9.17, 15) is 0 Å². The number of hydrogen-bond acceptors (Lipinski definition) is 2. The average molecular weight is 461 g/mol. The smallest absolute Gasteiger partial charge is 0.174 e. The van der Waals surface area contributed by atoms with Gasteiger partial charge < -0.3 is 9.47 Å². The molecule has 0 saturated carbocycles. The van der Waals surface area contributed by atoms with Gasteiger partial charge in [-0.05, 0) is 12.1 Å². The molecule has 134 valence electrons. The third-order valence-electron chi connectivity index (χ3n) is 4.19. The van der Waals surface area contributed by atoms with Gasteiger partial charge in [0.05, 0.1) is 10.1 Å². The summed E-state index contributed by atoms with van der Waals surface area (Å²) in [7, 11) is 0. The van der Waals surface area contributed by atoms with E-state index in [0.717, 1.165) is 0 Å². The molecule has 0 spiro atoms. The van der Waals surface area contributed by atoms with Crippen LogP contribution in [0.4, 0.5) is 0 Å². The Labute approximate surface area is 175 Å². The van der Waals surface area contributed by atoms with E-state index in [-0.39, 0.29) is 23.3 Å². The molecule has 2 unspecified atom stereocenters. The van der Waals surface area contributed by atoms with E-state index in [1.165, 1.54) is 0 Å². The molecule has 0 fully saturated rings. The Morgan fingerprint density at radius 1 is 0.800 bits per heavy atom. The molecule has 0 amide bonds. The van der Waals surface area contributed by atoms with Gasteiger partial charge in [0, 0.05) is 11.1 Å². The fraction of sp³-hybridized carbons (Fsp3) is 0.294. The highest BCUT2D eigenvalue weighted by Crippen LogP contribution is 2.79. The number of benzene rings is 1. The maximum atomic E-state index is 6.84. The van der Waals surface area contributed by atoms with Crippen LogP contribution >= 0.6 is 69.6 Å². The lowest BCUT2D eigenvalue weighted by molar-refractivity contribution is 0.346. The third kappa shape index (κ3) is 2.25. The van der Waals surface area contributed by atoms with E-state index < -0.39 is 14.1 Å². The number of ether oxygens (including phenoxy) is 2. The topological polar surface area (TPSA) is 18.5 Å². The van der Waals surface area contributed by atoms with E-state index in [4.69, 9.17) is 79.1 Å². The molecular weight excluding hydrogens is 449 g/mol. The van der Waals surface area contributed by atoms with Crippen LogP contribution in [0.15, 0.2) is 47.5 Å². The van der Waals surface area contributed by atoms with E-state index in [1.54, 1.807) is 24.3 Å². The van der Waals surface area contributed by atoms with Crippen molar-refractivity contribution >= 4 is 69.6 Å². The van der Waals surface area contributed by atoms with Crippen molar-refractivity contribution in [2.45, 2.75) is 14.1 Å². The normalized spacial score (nSPS) is 28.7. The summed E-state index contributed by atoms with van der Waals surface area (Å²) in [6.07, 6.45) is 3.19. The largest absolute Gasteiger partial charge is 0.489 e. The summed E-state index contributed by atoms with van der Waals surface area (Å²) >= 11 is 39.7. The van der Waals surface area contributed by atoms with Crippen LogP contribution in [0, 0.1) is 0 Å². The molecule has 1 aromatic rings. The van der Waals surface area contributed by atoms with Crippen molar-refractivity contribution in [2.75, 3.05) is 13.2 Å². The minimum absolute atomic E-state index is 0.0626. The maximum Gasteiger partial charge on any atom is 0.174 e. The lowest BCUT2D eigenvalue weighted by Gasteiger charge is -2.31. The third-order valence-corrected chi connectivity index (χ3v) is 8.27. The Morgan fingerprint density at radius 2 is 1.16 bits per heavy atom. The number of halogens is 6. The fourth-order valence-corrected chi connectivity index (χ4v) is 5.83. The van der Waals surface area contributed by atoms with Crippen molar-refractivity contribution < 1.29 is 9.47 Å². The molecule has 0 heterocycles. The summed E-state index contributed by atoms with van der Waals surface area (Å²) < 4.78 is 9.69. The Kier molecular flexibility index (Phi) is 5.03. The zero-order chi connectivity index (χ0) is 18.6. The van der Waals surface area contributed by atoms with Crippen molar-refractivity contribution in [3.05, 3.63) is 58.6 Å². The summed E-state index contributed by atoms with van der Waals surface area (Å²) in [4.78, 5) is -3.15. The molecule has 3 rings (SSSR count). The van der Waals surface area contributed by atoms with Crippen molar-refractivity contribution in [3.8, 4) is 11.5 Å². The van der Waals surface area contributed by atoms with Crippen molar-refractivity contribution in [2.24, 2.45) is 0 Å². The quantitative estimate of drug-likeness (QED) is 0.353. The van der Waals surface area contributed by atoms with Gasteiger partial charge in [0.25, 0.3) is 0 Å². The predicted molar refractivity (Wildman–Crippen MR) is 106 cm³/mol. The summed E-state index contributed by atoms with van der Waals surface area (Å²) in [6.45, 7) is 7.76. The predicted octanol–water partition coefficient (Wildman–Crippen LogP) is 6.57. The SMILES string of the molecule is C=CCOc1ccc(OCC=C)c2c1C1(Cl)C(Cl)=C(Cl)C2(Cl)C1(Cl)Cl. The van der Waals surface area contributed by atoms with Gasteiger partial charge in [0.1, 0.15) is 34.5 Å². The van der Waals surface area contributed by atoms with Gasteiger partial charge in [-0.2, -0.15) is 0 Å². The molecule has 0 radical (unpaired) electrons. The Hall–Kier alpha value is -0.220. The Bertz CT molecular complexity index is 740. The summed E-state index contributed by atoms with van der Waals surface area (Å²) in [5.74, 6) is 0.845. The molecule has 2 bridgehead atoms. The highest BCUT2D eigenvalue weighted by molar-refractivity contribution is 6.65. The molecule has 2 aliphatic carbocycles. The first kappa shape index (κ1) is 19.5. The van der Waals surface area contributed by atoms with Gasteiger partial charge in [-0.3, -0.25) is 0 Å². The van der Waals surface area contributed by atoms with Gasteiger partial charge >= 0.3 is 0 Å². The fourth-order valence-electron chi connectivity index (χ4n) is 3.14. The first-order chi connectivity index (χ1) is 11.7. The Balaban J connectivity index is 2.34. The second-order valence-electron chi connectivity index (χ2n) is 5.53. The summed E-state index contributed by atoms with van der Waals surface area (Å²) in [5.41, 5.74) is 0.874. The van der Waals surface area contributed by atoms with E-state index >= 15 is 0 Å². The molecule has 2 atom stereocenters. The van der Waals surface area contributed by atoms with E-state index in [0.29, 0.717) is 22.6 Å². The number of rotatable bonds is 6. The second-order valence-corrected chi connectivity index (χ2v) is 8.75. The van der Waals surface area contributed by atoms with Crippen LogP contribution in [0.5, 0.6) is 11.5 Å². The van der Waals surface area contributed by atoms with E-state index in [1.807, 2.05) is 0 Å². The van der Waals surface area contributed by atoms with Gasteiger partial charge in [-0.25, -0.2) is 0 Å². The minimum Gasteiger partial charge on any atom is -0.489 e. The number of hydrogen-bond donors (Lipinski definition) is 0. The highest BCUT2D eigenvalue weighted by atomic mass is 35.5. The lowest BCUT2D eigenvalue weighted by atomic mass is 9.93. The van der Waals surface area contributed by atoms with Gasteiger partial charge in [0.15, 0.2) is 4.33 Å². The van der Waals surface area contributed by atoms with Crippen LogP contribution in [0.25, 0.3) is 0 Å². The molecule has 25 heavy (non-hydrogen) atoms. The zero-order valence-electron chi connectivity index (χ0n) is 12.7. The molecule has 2 nitrogen and oxygen atoms in total. The van der Waals surface area contributed by atoms with Crippen molar-refractivity contribution in [1.82, 2.24) is 0 Å². The van der Waals surface area contributed by atoms with Gasteiger partial charge in [0.2, 0.25) is 0 Å². The molecule has 0 N–H and O–H groups in total. The minimum atomic E-state index is -1.75. The first-order valence-corrected chi connectivity index (χ1v) is 9.43. The molecule has 8 heteroatoms. The van der Waals surface area contributed by atoms with Crippen molar-refractivity contribution in [1.29, 1.82) is 0 Å². The Morgan fingerprint density at radius 3 is 1.48 bits per heavy atom. The molecular formula is C17H12Cl6O2. The number of fused-ring (bicyclic) bond motifs is 5. The average Bonchev–Trinajstić information content (AvgIpc) is 2.80. The lowest BCUT2D eigenvalue weighted by Crippen LogP contribution is -2.39. The molecule has 1 aromatic carbocycles. The van der Waals surface area contributed by atoms with Gasteiger partial charge in [-0.1, -0.05) is 71.7 Å². The van der Waals surface area contributed by atoms with Crippen LogP contribution in [0.1, 0.15) is 11.1 Å². The zero-order valence-corrected chi connectivity index (χ0v) is 17.3. The monoisotopic (exact) mass is 458 g/mol. The molecule has 2 aliphatic rings. The van der Waals surface area contributed by atoms with Crippen LogP contribution in [0.3, 0.4) is 0 Å². The van der Waals surface area contributed by atoms with Crippen molar-refractivity contribution in [3.63, 3.8) is 0 Å². The van der Waals surface area contributed by atoms with Crippen LogP contribution < -0.4 is 9.47 Å². The molecule has 0 saturated heterocycles. The van der Waals surface area contributed by atoms with Gasteiger partial charge in [-0.15, -0.1) is 23.2 Å². The number of alkyl halides is 4. The second kappa shape index (κ2) is 6.44. The first-order valence-electron chi connectivity index (χ1n) is 7.16. The molecule has 0 aromatic heterocycles. The van der Waals surface area contributed by atoms with Crippen LogP contribution in [-0.2, 0) is 9.75 Å². The van der Waals surface area contributed by atoms with E-state index in [2.05, 4.69) is 13.2 Å².